The van der Waals surface area contributed by atoms with E-state index in [-0.39, 0.29) is 32.1 Å². The Bertz CT molecular complexity index is 565. The second kappa shape index (κ2) is 7.41. The van der Waals surface area contributed by atoms with Gasteiger partial charge in [-0.25, -0.2) is 4.79 Å². The van der Waals surface area contributed by atoms with Gasteiger partial charge in [-0.1, -0.05) is 35.5 Å². The van der Waals surface area contributed by atoms with E-state index in [1.807, 2.05) is 30.3 Å². The molecule has 3 N–H and O–H groups in total. The molecular weight excluding hydrogens is 274 g/mol. The van der Waals surface area contributed by atoms with Crippen molar-refractivity contribution in [2.75, 3.05) is 31.6 Å². The van der Waals surface area contributed by atoms with Crippen LogP contribution in [0.5, 0.6) is 0 Å². The summed E-state index contributed by atoms with van der Waals surface area (Å²) in [6.07, 6.45) is 0. The van der Waals surface area contributed by atoms with Gasteiger partial charge in [-0.3, -0.25) is 5.32 Å². The Labute approximate surface area is 121 Å². The van der Waals surface area contributed by atoms with E-state index >= 15 is 0 Å². The molecule has 0 aliphatic carbocycles. The maximum atomic E-state index is 11.9. The molecule has 7 heteroatoms. The Morgan fingerprint density at radius 2 is 1.86 bits per heavy atom. The Morgan fingerprint density at radius 3 is 2.48 bits per heavy atom. The minimum atomic E-state index is -0.453. The summed E-state index contributed by atoms with van der Waals surface area (Å²) in [5.41, 5.74) is 0.855. The molecule has 0 fully saturated rings. The molecule has 1 aromatic heterocycles. The molecule has 0 spiro atoms. The van der Waals surface area contributed by atoms with Crippen LogP contribution < -0.4 is 5.32 Å². The van der Waals surface area contributed by atoms with Crippen LogP contribution in [0.4, 0.5) is 10.6 Å². The molecule has 0 saturated carbocycles. The first-order chi connectivity index (χ1) is 10.2. The molecule has 21 heavy (non-hydrogen) atoms. The summed E-state index contributed by atoms with van der Waals surface area (Å²) in [4.78, 5) is 13.2. The fourth-order valence-corrected chi connectivity index (χ4v) is 1.82. The number of urea groups is 1. The van der Waals surface area contributed by atoms with Gasteiger partial charge < -0.3 is 19.6 Å². The van der Waals surface area contributed by atoms with E-state index < -0.39 is 6.03 Å². The summed E-state index contributed by atoms with van der Waals surface area (Å²) in [6.45, 7) is -0.0887. The topological polar surface area (TPSA) is 98.8 Å². The lowest BCUT2D eigenvalue weighted by atomic mass is 10.2. The SMILES string of the molecule is O=C(Nc1cc(-c2ccccc2)on1)N(CCO)CCO. The number of carbonyl (C=O) groups excluding carboxylic acids is 1. The van der Waals surface area contributed by atoms with Crippen molar-refractivity contribution in [1.82, 2.24) is 10.1 Å². The first-order valence-corrected chi connectivity index (χ1v) is 6.54. The number of aliphatic hydroxyl groups excluding tert-OH is 2. The van der Waals surface area contributed by atoms with Gasteiger partial charge in [0.1, 0.15) is 0 Å². The van der Waals surface area contributed by atoms with Crippen molar-refractivity contribution < 1.29 is 19.5 Å². The molecule has 0 atom stereocenters. The van der Waals surface area contributed by atoms with E-state index in [4.69, 9.17) is 14.7 Å². The molecule has 0 saturated heterocycles. The van der Waals surface area contributed by atoms with Crippen LogP contribution in [0.2, 0.25) is 0 Å². The summed E-state index contributed by atoms with van der Waals surface area (Å²) >= 11 is 0. The van der Waals surface area contributed by atoms with E-state index in [2.05, 4.69) is 10.5 Å². The number of nitrogens with zero attached hydrogens (tertiary/aromatic N) is 2. The second-order valence-corrected chi connectivity index (χ2v) is 4.31. The van der Waals surface area contributed by atoms with E-state index in [0.29, 0.717) is 5.76 Å². The lowest BCUT2D eigenvalue weighted by Gasteiger charge is -2.19. The normalized spacial score (nSPS) is 10.4. The number of rotatable bonds is 6. The number of carbonyl (C=O) groups is 1. The monoisotopic (exact) mass is 291 g/mol. The van der Waals surface area contributed by atoms with Gasteiger partial charge in [0.15, 0.2) is 11.6 Å². The standard InChI is InChI=1S/C14H17N3O4/c18-8-6-17(7-9-19)14(20)15-13-10-12(21-16-13)11-4-2-1-3-5-11/h1-5,10,18-19H,6-9H2,(H,15,16,20). The average molecular weight is 291 g/mol. The highest BCUT2D eigenvalue weighted by Crippen LogP contribution is 2.21. The molecule has 7 nitrogen and oxygen atoms in total. The third kappa shape index (κ3) is 4.04. The fourth-order valence-electron chi connectivity index (χ4n) is 1.82. The van der Waals surface area contributed by atoms with Crippen LogP contribution in [0.15, 0.2) is 40.9 Å². The van der Waals surface area contributed by atoms with Gasteiger partial charge in [0.2, 0.25) is 0 Å². The third-order valence-corrected chi connectivity index (χ3v) is 2.83. The summed E-state index contributed by atoms with van der Waals surface area (Å²) in [5.74, 6) is 0.821. The minimum Gasteiger partial charge on any atom is -0.395 e. The quantitative estimate of drug-likeness (QED) is 0.741. The molecule has 0 aliphatic heterocycles. The number of hydrogen-bond acceptors (Lipinski definition) is 5. The molecular formula is C14H17N3O4. The average Bonchev–Trinajstić information content (AvgIpc) is 2.96. The lowest BCUT2D eigenvalue weighted by Crippen LogP contribution is -2.39. The predicted molar refractivity (Wildman–Crippen MR) is 76.7 cm³/mol. The number of anilines is 1. The van der Waals surface area contributed by atoms with Crippen LogP contribution in [0.3, 0.4) is 0 Å². The molecule has 112 valence electrons. The smallest absolute Gasteiger partial charge is 0.323 e. The Kier molecular flexibility index (Phi) is 5.30. The van der Waals surface area contributed by atoms with Crippen molar-refractivity contribution in [2.45, 2.75) is 0 Å². The number of hydrogen-bond donors (Lipinski definition) is 3. The zero-order valence-electron chi connectivity index (χ0n) is 11.4. The lowest BCUT2D eigenvalue weighted by molar-refractivity contribution is 0.167. The summed E-state index contributed by atoms with van der Waals surface area (Å²) in [5, 5.41) is 24.1. The van der Waals surface area contributed by atoms with Gasteiger partial charge in [-0.2, -0.15) is 0 Å². The van der Waals surface area contributed by atoms with Crippen LogP contribution >= 0.6 is 0 Å². The Morgan fingerprint density at radius 1 is 1.19 bits per heavy atom. The van der Waals surface area contributed by atoms with Crippen LogP contribution in [0.25, 0.3) is 11.3 Å². The molecule has 0 unspecified atom stereocenters. The van der Waals surface area contributed by atoms with E-state index in [1.54, 1.807) is 6.07 Å². The maximum absolute atomic E-state index is 11.9. The van der Waals surface area contributed by atoms with Crippen molar-refractivity contribution >= 4 is 11.8 Å². The molecule has 0 radical (unpaired) electrons. The summed E-state index contributed by atoms with van der Waals surface area (Å²) < 4.78 is 5.17. The second-order valence-electron chi connectivity index (χ2n) is 4.31. The molecule has 0 aliphatic rings. The van der Waals surface area contributed by atoms with Gasteiger partial charge in [0, 0.05) is 24.7 Å². The Hall–Kier alpha value is -2.38. The molecule has 2 amide bonds. The van der Waals surface area contributed by atoms with Crippen molar-refractivity contribution in [2.24, 2.45) is 0 Å². The van der Waals surface area contributed by atoms with Crippen molar-refractivity contribution in [3.05, 3.63) is 36.4 Å². The Balaban J connectivity index is 2.03. The first kappa shape index (κ1) is 15.0. The van der Waals surface area contributed by atoms with Crippen LogP contribution in [0.1, 0.15) is 0 Å². The van der Waals surface area contributed by atoms with Crippen molar-refractivity contribution in [3.8, 4) is 11.3 Å². The van der Waals surface area contributed by atoms with Crippen LogP contribution in [-0.2, 0) is 0 Å². The van der Waals surface area contributed by atoms with Gasteiger partial charge in [-0.15, -0.1) is 0 Å². The third-order valence-electron chi connectivity index (χ3n) is 2.83. The van der Waals surface area contributed by atoms with Crippen molar-refractivity contribution in [1.29, 1.82) is 0 Å². The molecule has 0 bridgehead atoms. The fraction of sp³-hybridized carbons (Fsp3) is 0.286. The largest absolute Gasteiger partial charge is 0.395 e. The number of aromatic nitrogens is 1. The highest BCUT2D eigenvalue weighted by atomic mass is 16.5. The minimum absolute atomic E-state index is 0.135. The highest BCUT2D eigenvalue weighted by Gasteiger charge is 2.15. The van der Waals surface area contributed by atoms with E-state index in [0.717, 1.165) is 5.56 Å². The van der Waals surface area contributed by atoms with Gasteiger partial charge in [0.25, 0.3) is 0 Å². The summed E-state index contributed by atoms with van der Waals surface area (Å²) in [7, 11) is 0. The number of benzene rings is 1. The van der Waals surface area contributed by atoms with Gasteiger partial charge in [0.05, 0.1) is 13.2 Å². The molecule has 1 aromatic carbocycles. The molecule has 2 aromatic rings. The molecule has 1 heterocycles. The number of amides is 2. The zero-order valence-corrected chi connectivity index (χ0v) is 11.4. The zero-order chi connectivity index (χ0) is 15.1. The summed E-state index contributed by atoms with van der Waals surface area (Å²) in [6, 6.07) is 10.5. The van der Waals surface area contributed by atoms with E-state index in [1.165, 1.54) is 4.90 Å². The molecule has 2 rings (SSSR count). The predicted octanol–water partition coefficient (Wildman–Crippen LogP) is 1.16. The van der Waals surface area contributed by atoms with Crippen molar-refractivity contribution in [3.63, 3.8) is 0 Å². The van der Waals surface area contributed by atoms with Gasteiger partial charge >= 0.3 is 6.03 Å². The number of nitrogens with one attached hydrogen (secondary N) is 1. The van der Waals surface area contributed by atoms with E-state index in [9.17, 15) is 4.79 Å². The first-order valence-electron chi connectivity index (χ1n) is 6.54. The highest BCUT2D eigenvalue weighted by molar-refractivity contribution is 5.88. The van der Waals surface area contributed by atoms with Crippen LogP contribution in [0, 0.1) is 0 Å². The van der Waals surface area contributed by atoms with Crippen LogP contribution in [-0.4, -0.2) is 52.6 Å². The van der Waals surface area contributed by atoms with Gasteiger partial charge in [-0.05, 0) is 0 Å². The maximum Gasteiger partial charge on any atom is 0.323 e. The number of aliphatic hydroxyl groups is 2.